The summed E-state index contributed by atoms with van der Waals surface area (Å²) in [6.45, 7) is 14.2. The van der Waals surface area contributed by atoms with E-state index in [1.165, 1.54) is 53.4 Å². The molecule has 2 heterocycles. The molecule has 38 heavy (non-hydrogen) atoms. The van der Waals surface area contributed by atoms with Crippen LogP contribution >= 0.6 is 34.3 Å². The molecule has 204 valence electrons. The first kappa shape index (κ1) is 33.1. The summed E-state index contributed by atoms with van der Waals surface area (Å²) in [5, 5.41) is 6.18. The van der Waals surface area contributed by atoms with Crippen LogP contribution in [-0.4, -0.2) is 35.7 Å². The molecule has 2 aromatic carbocycles. The van der Waals surface area contributed by atoms with Gasteiger partial charge in [-0.15, -0.1) is 22.7 Å². The number of nitrogens with two attached hydrogens (primary N) is 1. The van der Waals surface area contributed by atoms with Crippen molar-refractivity contribution in [2.75, 3.05) is 30.7 Å². The first-order chi connectivity index (χ1) is 18.2. The number of carbonyl (C=O) groups excluding carboxylic acids is 2. The van der Waals surface area contributed by atoms with Crippen LogP contribution in [0.2, 0.25) is 0 Å². The van der Waals surface area contributed by atoms with Gasteiger partial charge in [-0.3, -0.25) is 9.59 Å². The zero-order chi connectivity index (χ0) is 28.3. The Morgan fingerprint density at radius 3 is 1.53 bits per heavy atom. The fourth-order valence-electron chi connectivity index (χ4n) is 2.87. The van der Waals surface area contributed by atoms with Crippen molar-refractivity contribution in [3.8, 4) is 0 Å². The Hall–Kier alpha value is -2.97. The van der Waals surface area contributed by atoms with Crippen LogP contribution in [0.25, 0.3) is 0 Å². The zero-order valence-electron chi connectivity index (χ0n) is 22.7. The van der Waals surface area contributed by atoms with Gasteiger partial charge in [-0.25, -0.2) is 0 Å². The number of hydrogen-bond acceptors (Lipinski definition) is 6. The van der Waals surface area contributed by atoms with Gasteiger partial charge in [0.25, 0.3) is 11.1 Å². The topological polar surface area (TPSA) is 75.4 Å². The van der Waals surface area contributed by atoms with Crippen LogP contribution in [0.3, 0.4) is 0 Å². The number of thiophene rings is 2. The van der Waals surface area contributed by atoms with E-state index >= 15 is 0 Å². The smallest absolute Gasteiger partial charge is 0.265 e. The monoisotopic (exact) mass is 571 g/mol. The molecule has 0 radical (unpaired) electrons. The SMILES string of the molecule is CCN(CC)CC.Cc1ccc(N)cc1.Cc1ccc(NC(=O)c2cccs2)cc1.O=C(Cl)c1cccs1. The largest absolute Gasteiger partial charge is 0.399 e. The number of rotatable bonds is 6. The van der Waals surface area contributed by atoms with Crippen LogP contribution in [0.15, 0.2) is 83.6 Å². The van der Waals surface area contributed by atoms with Crippen molar-refractivity contribution in [3.05, 3.63) is 104 Å². The Morgan fingerprint density at radius 2 is 1.21 bits per heavy atom. The third-order valence-electron chi connectivity index (χ3n) is 5.19. The van der Waals surface area contributed by atoms with Gasteiger partial charge in [0.1, 0.15) is 0 Å². The van der Waals surface area contributed by atoms with Gasteiger partial charge in [0, 0.05) is 11.4 Å². The lowest BCUT2D eigenvalue weighted by Crippen LogP contribution is -2.21. The molecular weight excluding hydrogens is 534 g/mol. The molecule has 4 rings (SSSR count). The Bertz CT molecular complexity index is 1130. The molecule has 0 saturated carbocycles. The van der Waals surface area contributed by atoms with Crippen molar-refractivity contribution in [2.45, 2.75) is 34.6 Å². The van der Waals surface area contributed by atoms with Gasteiger partial charge >= 0.3 is 0 Å². The maximum atomic E-state index is 11.7. The van der Waals surface area contributed by atoms with Crippen molar-refractivity contribution >= 4 is 56.8 Å². The maximum absolute atomic E-state index is 11.7. The number of nitrogen functional groups attached to an aromatic ring is 1. The van der Waals surface area contributed by atoms with E-state index in [-0.39, 0.29) is 11.1 Å². The first-order valence-corrected chi connectivity index (χ1v) is 14.5. The molecule has 5 nitrogen and oxygen atoms in total. The zero-order valence-corrected chi connectivity index (χ0v) is 25.1. The van der Waals surface area contributed by atoms with E-state index in [1.807, 2.05) is 85.3 Å². The van der Waals surface area contributed by atoms with E-state index in [1.54, 1.807) is 12.1 Å². The minimum Gasteiger partial charge on any atom is -0.399 e. The van der Waals surface area contributed by atoms with E-state index in [2.05, 4.69) is 31.0 Å². The second-order valence-electron chi connectivity index (χ2n) is 8.08. The third-order valence-corrected chi connectivity index (χ3v) is 7.24. The highest BCUT2D eigenvalue weighted by molar-refractivity contribution is 7.14. The molecule has 0 saturated heterocycles. The molecule has 0 unspecified atom stereocenters. The minimum atomic E-state index is -0.375. The number of halogens is 1. The minimum absolute atomic E-state index is 0.0474. The molecule has 0 aliphatic carbocycles. The Balaban J connectivity index is 0.000000270. The van der Waals surface area contributed by atoms with Gasteiger partial charge in [0.15, 0.2) is 0 Å². The number of aryl methyl sites for hydroxylation is 2. The summed E-state index contributed by atoms with van der Waals surface area (Å²) in [5.74, 6) is -0.0474. The first-order valence-electron chi connectivity index (χ1n) is 12.4. The Morgan fingerprint density at radius 1 is 0.763 bits per heavy atom. The van der Waals surface area contributed by atoms with Crippen molar-refractivity contribution in [3.63, 3.8) is 0 Å². The molecule has 0 bridgehead atoms. The lowest BCUT2D eigenvalue weighted by atomic mass is 10.2. The maximum Gasteiger partial charge on any atom is 0.265 e. The molecule has 4 aromatic rings. The highest BCUT2D eigenvalue weighted by Gasteiger charge is 2.05. The van der Waals surface area contributed by atoms with Gasteiger partial charge in [0.2, 0.25) is 0 Å². The molecule has 0 fully saturated rings. The summed E-state index contributed by atoms with van der Waals surface area (Å²) >= 11 is 7.91. The van der Waals surface area contributed by atoms with E-state index in [0.29, 0.717) is 4.88 Å². The molecule has 0 atom stereocenters. The van der Waals surface area contributed by atoms with Crippen LogP contribution < -0.4 is 11.1 Å². The number of amides is 1. The molecule has 3 N–H and O–H groups in total. The lowest BCUT2D eigenvalue weighted by Gasteiger charge is -2.13. The number of hydrogen-bond donors (Lipinski definition) is 2. The molecular formula is C30H38ClN3O2S2. The highest BCUT2D eigenvalue weighted by Crippen LogP contribution is 2.14. The summed E-state index contributed by atoms with van der Waals surface area (Å²) in [5.41, 5.74) is 9.52. The van der Waals surface area contributed by atoms with E-state index < -0.39 is 0 Å². The van der Waals surface area contributed by atoms with Gasteiger partial charge in [-0.1, -0.05) is 68.3 Å². The van der Waals surface area contributed by atoms with Crippen LogP contribution in [0.4, 0.5) is 11.4 Å². The Kier molecular flexibility index (Phi) is 16.7. The van der Waals surface area contributed by atoms with Crippen molar-refractivity contribution in [1.82, 2.24) is 4.90 Å². The molecule has 0 spiro atoms. The van der Waals surface area contributed by atoms with E-state index in [0.717, 1.165) is 16.3 Å². The quantitative estimate of drug-likeness (QED) is 0.180. The number of anilines is 2. The predicted molar refractivity (Wildman–Crippen MR) is 167 cm³/mol. The number of carbonyl (C=O) groups is 2. The second-order valence-corrected chi connectivity index (χ2v) is 10.3. The van der Waals surface area contributed by atoms with Crippen LogP contribution in [0, 0.1) is 13.8 Å². The second kappa shape index (κ2) is 19.2. The lowest BCUT2D eigenvalue weighted by molar-refractivity contribution is 0.102. The number of benzene rings is 2. The summed E-state index contributed by atoms with van der Waals surface area (Å²) in [6, 6.07) is 22.7. The number of nitrogens with zero attached hydrogens (tertiary/aromatic N) is 1. The normalized spacial score (nSPS) is 9.66. The molecule has 0 aliphatic rings. The standard InChI is InChI=1S/C12H11NOS.C7H9N.C6H15N.C5H3ClOS/c1-9-4-6-10(7-5-9)13-12(14)11-3-2-8-15-11;1-6-2-4-7(8)5-3-6;1-4-7(5-2)6-3;6-5(7)4-2-1-3-8-4/h2-8H,1H3,(H,13,14);2-5H,8H2,1H3;4-6H2,1-3H3;1-3H. The van der Waals surface area contributed by atoms with Crippen molar-refractivity contribution in [1.29, 1.82) is 0 Å². The average Bonchev–Trinajstić information content (AvgIpc) is 3.65. The van der Waals surface area contributed by atoms with Crippen molar-refractivity contribution < 1.29 is 9.59 Å². The van der Waals surface area contributed by atoms with Gasteiger partial charge in [-0.2, -0.15) is 0 Å². The van der Waals surface area contributed by atoms with Gasteiger partial charge in [-0.05, 0) is 92.2 Å². The molecule has 1 amide bonds. The van der Waals surface area contributed by atoms with Crippen molar-refractivity contribution in [2.24, 2.45) is 0 Å². The summed E-state index contributed by atoms with van der Waals surface area (Å²) < 4.78 is 0. The molecule has 2 aromatic heterocycles. The van der Waals surface area contributed by atoms with Crippen LogP contribution in [-0.2, 0) is 0 Å². The fourth-order valence-corrected chi connectivity index (χ4v) is 4.23. The summed E-state index contributed by atoms with van der Waals surface area (Å²) in [4.78, 5) is 25.7. The van der Waals surface area contributed by atoms with Gasteiger partial charge in [0.05, 0.1) is 9.75 Å². The van der Waals surface area contributed by atoms with E-state index in [4.69, 9.17) is 17.3 Å². The Labute approximate surface area is 240 Å². The third kappa shape index (κ3) is 14.1. The summed E-state index contributed by atoms with van der Waals surface area (Å²) in [7, 11) is 0. The van der Waals surface area contributed by atoms with Gasteiger partial charge < -0.3 is 16.0 Å². The van der Waals surface area contributed by atoms with Crippen LogP contribution in [0.1, 0.15) is 51.2 Å². The molecule has 8 heteroatoms. The number of nitrogens with one attached hydrogen (secondary N) is 1. The van der Waals surface area contributed by atoms with Crippen LogP contribution in [0.5, 0.6) is 0 Å². The van der Waals surface area contributed by atoms with E-state index in [9.17, 15) is 9.59 Å². The average molecular weight is 572 g/mol. The fraction of sp³-hybridized carbons (Fsp3) is 0.267. The summed E-state index contributed by atoms with van der Waals surface area (Å²) in [6.07, 6.45) is 0. The highest BCUT2D eigenvalue weighted by atomic mass is 35.5. The molecule has 0 aliphatic heterocycles. The predicted octanol–water partition coefficient (Wildman–Crippen LogP) is 8.36.